The molecule has 8 nitrogen and oxygen atoms in total. The molecular formula is C21H32N6O2. The van der Waals surface area contributed by atoms with Gasteiger partial charge in [0.2, 0.25) is 0 Å². The first kappa shape index (κ1) is 21.1. The largest absolute Gasteiger partial charge is 0.372 e. The van der Waals surface area contributed by atoms with E-state index in [9.17, 15) is 4.79 Å². The minimum absolute atomic E-state index is 0.181. The number of pyridine rings is 1. The maximum absolute atomic E-state index is 12.2. The maximum Gasteiger partial charge on any atom is 0.319 e. The second-order valence-corrected chi connectivity index (χ2v) is 8.12. The first-order chi connectivity index (χ1) is 13.8. The van der Waals surface area contributed by atoms with Gasteiger partial charge >= 0.3 is 6.03 Å². The van der Waals surface area contributed by atoms with Crippen LogP contribution in [0.4, 0.5) is 16.3 Å². The molecule has 8 heteroatoms. The van der Waals surface area contributed by atoms with E-state index >= 15 is 0 Å². The summed E-state index contributed by atoms with van der Waals surface area (Å²) in [5.74, 6) is 1.17. The van der Waals surface area contributed by atoms with Crippen molar-refractivity contribution in [1.82, 2.24) is 20.1 Å². The highest BCUT2D eigenvalue weighted by Crippen LogP contribution is 2.19. The molecule has 2 aromatic heterocycles. The smallest absolute Gasteiger partial charge is 0.319 e. The van der Waals surface area contributed by atoms with Gasteiger partial charge in [-0.05, 0) is 51.8 Å². The van der Waals surface area contributed by atoms with Gasteiger partial charge in [-0.1, -0.05) is 6.92 Å². The predicted octanol–water partition coefficient (Wildman–Crippen LogP) is 2.97. The summed E-state index contributed by atoms with van der Waals surface area (Å²) in [4.78, 5) is 18.9. The normalized spacial score (nSPS) is 20.4. The van der Waals surface area contributed by atoms with Crippen LogP contribution in [0, 0.1) is 19.8 Å². The molecule has 0 aliphatic carbocycles. The fraction of sp³-hybridized carbons (Fsp3) is 0.571. The average molecular weight is 401 g/mol. The van der Waals surface area contributed by atoms with Gasteiger partial charge in [-0.25, -0.2) is 9.78 Å². The van der Waals surface area contributed by atoms with Crippen LogP contribution in [0.2, 0.25) is 0 Å². The second-order valence-electron chi connectivity index (χ2n) is 8.12. The van der Waals surface area contributed by atoms with E-state index in [-0.39, 0.29) is 24.2 Å². The number of ether oxygens (including phenoxy) is 1. The Balaban J connectivity index is 1.46. The summed E-state index contributed by atoms with van der Waals surface area (Å²) in [5, 5.41) is 10.2. The van der Waals surface area contributed by atoms with E-state index in [1.54, 1.807) is 6.20 Å². The van der Waals surface area contributed by atoms with Gasteiger partial charge in [-0.2, -0.15) is 5.10 Å². The quantitative estimate of drug-likeness (QED) is 0.779. The Kier molecular flexibility index (Phi) is 6.74. The molecule has 0 bridgehead atoms. The van der Waals surface area contributed by atoms with Crippen molar-refractivity contribution >= 4 is 17.5 Å². The summed E-state index contributed by atoms with van der Waals surface area (Å²) in [6.45, 7) is 13.2. The van der Waals surface area contributed by atoms with Gasteiger partial charge in [0.05, 0.1) is 29.8 Å². The first-order valence-electron chi connectivity index (χ1n) is 10.2. The van der Waals surface area contributed by atoms with E-state index in [1.807, 2.05) is 30.7 Å². The number of urea groups is 1. The lowest BCUT2D eigenvalue weighted by Gasteiger charge is -2.36. The molecule has 1 aliphatic heterocycles. The SMILES string of the molecule is Cc1cc(C)n(C[C@H](C)CNC(=O)Nc2ccc(N3C[C@H](C)O[C@@H](C)C3)nc2)n1. The minimum atomic E-state index is -0.228. The van der Waals surface area contributed by atoms with Crippen molar-refractivity contribution in [2.75, 3.05) is 29.9 Å². The highest BCUT2D eigenvalue weighted by atomic mass is 16.5. The van der Waals surface area contributed by atoms with Gasteiger partial charge in [-0.3, -0.25) is 4.68 Å². The third-order valence-electron chi connectivity index (χ3n) is 4.95. The molecule has 2 amide bonds. The van der Waals surface area contributed by atoms with Crippen molar-refractivity contribution in [3.05, 3.63) is 35.8 Å². The molecule has 2 N–H and O–H groups in total. The van der Waals surface area contributed by atoms with Gasteiger partial charge in [0.15, 0.2) is 0 Å². The molecule has 1 saturated heterocycles. The van der Waals surface area contributed by atoms with Gasteiger partial charge in [0.25, 0.3) is 0 Å². The Morgan fingerprint density at radius 1 is 1.28 bits per heavy atom. The number of anilines is 2. The summed E-state index contributed by atoms with van der Waals surface area (Å²) >= 11 is 0. The summed E-state index contributed by atoms with van der Waals surface area (Å²) in [6.07, 6.45) is 2.06. The fourth-order valence-electron chi connectivity index (χ4n) is 3.67. The second kappa shape index (κ2) is 9.26. The van der Waals surface area contributed by atoms with Gasteiger partial charge < -0.3 is 20.3 Å². The van der Waals surface area contributed by atoms with Crippen LogP contribution >= 0.6 is 0 Å². The van der Waals surface area contributed by atoms with Crippen molar-refractivity contribution < 1.29 is 9.53 Å². The molecule has 1 aliphatic rings. The molecule has 0 radical (unpaired) electrons. The van der Waals surface area contributed by atoms with Crippen LogP contribution in [0.25, 0.3) is 0 Å². The monoisotopic (exact) mass is 400 g/mol. The Morgan fingerprint density at radius 3 is 2.59 bits per heavy atom. The summed E-state index contributed by atoms with van der Waals surface area (Å²) < 4.78 is 7.75. The first-order valence-corrected chi connectivity index (χ1v) is 10.2. The molecule has 29 heavy (non-hydrogen) atoms. The van der Waals surface area contributed by atoms with Crippen molar-refractivity contribution in [1.29, 1.82) is 0 Å². The molecule has 3 atom stereocenters. The van der Waals surface area contributed by atoms with Crippen molar-refractivity contribution in [2.45, 2.75) is 53.4 Å². The molecule has 158 valence electrons. The lowest BCUT2D eigenvalue weighted by atomic mass is 10.2. The van der Waals surface area contributed by atoms with Crippen LogP contribution in [0.15, 0.2) is 24.4 Å². The molecule has 1 fully saturated rings. The number of rotatable bonds is 6. The Bertz CT molecular complexity index is 809. The Hall–Kier alpha value is -2.61. The number of morpholine rings is 1. The number of carbonyl (C=O) groups is 1. The van der Waals surface area contributed by atoms with E-state index in [4.69, 9.17) is 4.74 Å². The molecule has 0 saturated carbocycles. The number of aromatic nitrogens is 3. The molecule has 0 spiro atoms. The number of hydrogen-bond acceptors (Lipinski definition) is 5. The maximum atomic E-state index is 12.2. The van der Waals surface area contributed by atoms with Crippen molar-refractivity contribution in [3.8, 4) is 0 Å². The zero-order chi connectivity index (χ0) is 21.0. The van der Waals surface area contributed by atoms with Crippen LogP contribution in [-0.4, -0.2) is 52.6 Å². The highest BCUT2D eigenvalue weighted by molar-refractivity contribution is 5.89. The van der Waals surface area contributed by atoms with Crippen molar-refractivity contribution in [2.24, 2.45) is 5.92 Å². The molecule has 0 unspecified atom stereocenters. The third-order valence-corrected chi connectivity index (χ3v) is 4.95. The fourth-order valence-corrected chi connectivity index (χ4v) is 3.67. The van der Waals surface area contributed by atoms with Crippen LogP contribution < -0.4 is 15.5 Å². The summed E-state index contributed by atoms with van der Waals surface area (Å²) in [7, 11) is 0. The van der Waals surface area contributed by atoms with E-state index < -0.39 is 0 Å². The van der Waals surface area contributed by atoms with E-state index in [1.165, 1.54) is 0 Å². The van der Waals surface area contributed by atoms with Crippen LogP contribution in [0.5, 0.6) is 0 Å². The molecular weight excluding hydrogens is 368 g/mol. The Labute approximate surface area is 172 Å². The van der Waals surface area contributed by atoms with Gasteiger partial charge in [0.1, 0.15) is 5.82 Å². The summed E-state index contributed by atoms with van der Waals surface area (Å²) in [5.41, 5.74) is 2.82. The van der Waals surface area contributed by atoms with Crippen LogP contribution in [0.1, 0.15) is 32.2 Å². The highest BCUT2D eigenvalue weighted by Gasteiger charge is 2.23. The van der Waals surface area contributed by atoms with Crippen molar-refractivity contribution in [3.63, 3.8) is 0 Å². The average Bonchev–Trinajstić information content (AvgIpc) is 2.96. The number of aryl methyl sites for hydroxylation is 2. The number of hydrogen-bond donors (Lipinski definition) is 2. The standard InChI is InChI=1S/C21H32N6O2/c1-14(11-27-16(3)8-15(2)25-27)9-23-21(28)24-19-6-7-20(22-10-19)26-12-17(4)29-18(5)13-26/h6-8,10,14,17-18H,9,11-13H2,1-5H3,(H2,23,24,28)/t14-,17+,18+/m1/s1. The lowest BCUT2D eigenvalue weighted by Crippen LogP contribution is -2.45. The third kappa shape index (κ3) is 5.93. The zero-order valence-corrected chi connectivity index (χ0v) is 18.0. The van der Waals surface area contributed by atoms with E-state index in [0.717, 1.165) is 36.8 Å². The number of carbonyl (C=O) groups excluding carboxylic acids is 1. The molecule has 0 aromatic carbocycles. The Morgan fingerprint density at radius 2 is 2.00 bits per heavy atom. The zero-order valence-electron chi connectivity index (χ0n) is 18.0. The van der Waals surface area contributed by atoms with Gasteiger partial charge in [0, 0.05) is 31.9 Å². The minimum Gasteiger partial charge on any atom is -0.372 e. The topological polar surface area (TPSA) is 84.3 Å². The number of nitrogens with one attached hydrogen (secondary N) is 2. The van der Waals surface area contributed by atoms with E-state index in [2.05, 4.69) is 52.5 Å². The molecule has 2 aromatic rings. The molecule has 3 rings (SSSR count). The summed E-state index contributed by atoms with van der Waals surface area (Å²) in [6, 6.07) is 5.65. The van der Waals surface area contributed by atoms with Crippen LogP contribution in [-0.2, 0) is 11.3 Å². The molecule has 3 heterocycles. The number of nitrogens with zero attached hydrogens (tertiary/aromatic N) is 4. The lowest BCUT2D eigenvalue weighted by molar-refractivity contribution is -0.00545. The predicted molar refractivity (Wildman–Crippen MR) is 114 cm³/mol. The number of amides is 2. The van der Waals surface area contributed by atoms with Crippen LogP contribution in [0.3, 0.4) is 0 Å². The van der Waals surface area contributed by atoms with E-state index in [0.29, 0.717) is 12.2 Å². The van der Waals surface area contributed by atoms with Gasteiger partial charge in [-0.15, -0.1) is 0 Å².